The van der Waals surface area contributed by atoms with Crippen LogP contribution in [0.15, 0.2) is 48.7 Å². The van der Waals surface area contributed by atoms with E-state index in [1.807, 2.05) is 25.1 Å². The lowest BCUT2D eigenvalue weighted by molar-refractivity contribution is 0.0954. The lowest BCUT2D eigenvalue weighted by Crippen LogP contribution is -2.29. The number of nitrogens with one attached hydrogen (secondary N) is 3. The van der Waals surface area contributed by atoms with Crippen LogP contribution in [-0.2, 0) is 0 Å². The summed E-state index contributed by atoms with van der Waals surface area (Å²) < 4.78 is 10.4. The highest BCUT2D eigenvalue weighted by molar-refractivity contribution is 5.94. The number of anilines is 3. The Labute approximate surface area is 174 Å². The molecule has 0 radical (unpaired) electrons. The zero-order chi connectivity index (χ0) is 21.3. The average Bonchev–Trinajstić information content (AvgIpc) is 2.76. The number of ether oxygens (including phenoxy) is 2. The molecule has 0 atom stereocenters. The van der Waals surface area contributed by atoms with E-state index in [1.165, 1.54) is 7.11 Å². The number of carbonyl (C=O) groups excluding carboxylic acids is 1. The Hall–Kier alpha value is -3.88. The van der Waals surface area contributed by atoms with E-state index in [0.29, 0.717) is 53.4 Å². The molecule has 1 aromatic carbocycles. The topological polar surface area (TPSA) is 110 Å². The second-order valence-corrected chi connectivity index (χ2v) is 6.28. The van der Waals surface area contributed by atoms with Crippen molar-refractivity contribution < 1.29 is 14.3 Å². The third kappa shape index (κ3) is 5.57. The molecular weight excluding hydrogens is 384 g/mol. The summed E-state index contributed by atoms with van der Waals surface area (Å²) in [4.78, 5) is 25.3. The maximum Gasteiger partial charge on any atom is 0.251 e. The van der Waals surface area contributed by atoms with Crippen LogP contribution in [-0.4, -0.2) is 48.2 Å². The van der Waals surface area contributed by atoms with E-state index in [-0.39, 0.29) is 5.91 Å². The van der Waals surface area contributed by atoms with Crippen molar-refractivity contribution in [1.82, 2.24) is 20.3 Å². The third-order valence-corrected chi connectivity index (χ3v) is 4.12. The first-order valence-electron chi connectivity index (χ1n) is 9.37. The maximum atomic E-state index is 12.4. The molecule has 1 amide bonds. The van der Waals surface area contributed by atoms with Gasteiger partial charge >= 0.3 is 0 Å². The van der Waals surface area contributed by atoms with Gasteiger partial charge in [-0.05, 0) is 37.3 Å². The van der Waals surface area contributed by atoms with Gasteiger partial charge in [0.05, 0.1) is 14.2 Å². The van der Waals surface area contributed by atoms with Gasteiger partial charge in [0.25, 0.3) is 5.91 Å². The quantitative estimate of drug-likeness (QED) is 0.464. The Balaban J connectivity index is 1.53. The van der Waals surface area contributed by atoms with Crippen molar-refractivity contribution in [3.05, 3.63) is 60.0 Å². The van der Waals surface area contributed by atoms with Gasteiger partial charge in [0.2, 0.25) is 0 Å². The summed E-state index contributed by atoms with van der Waals surface area (Å²) in [6.07, 6.45) is 1.70. The molecule has 2 heterocycles. The van der Waals surface area contributed by atoms with E-state index in [2.05, 4.69) is 30.9 Å². The highest BCUT2D eigenvalue weighted by Crippen LogP contribution is 2.27. The minimum Gasteiger partial charge on any atom is -0.493 e. The molecule has 0 aliphatic heterocycles. The van der Waals surface area contributed by atoms with Crippen molar-refractivity contribution in [2.24, 2.45) is 0 Å². The van der Waals surface area contributed by atoms with Crippen LogP contribution in [0, 0.1) is 6.92 Å². The van der Waals surface area contributed by atoms with E-state index < -0.39 is 0 Å². The van der Waals surface area contributed by atoms with E-state index in [1.54, 1.807) is 37.6 Å². The number of amides is 1. The van der Waals surface area contributed by atoms with Gasteiger partial charge < -0.3 is 25.4 Å². The maximum absolute atomic E-state index is 12.4. The summed E-state index contributed by atoms with van der Waals surface area (Å²) in [6, 6.07) is 12.4. The van der Waals surface area contributed by atoms with Crippen LogP contribution in [0.4, 0.5) is 17.5 Å². The molecule has 156 valence electrons. The molecule has 0 saturated heterocycles. The second-order valence-electron chi connectivity index (χ2n) is 6.28. The molecular formula is C21H24N6O3. The Morgan fingerprint density at radius 1 is 0.933 bits per heavy atom. The highest BCUT2D eigenvalue weighted by atomic mass is 16.5. The number of nitrogens with zero attached hydrogens (tertiary/aromatic N) is 3. The molecule has 0 unspecified atom stereocenters. The van der Waals surface area contributed by atoms with Crippen LogP contribution in [0.1, 0.15) is 16.2 Å². The molecule has 9 nitrogen and oxygen atoms in total. The van der Waals surface area contributed by atoms with Gasteiger partial charge in [0.1, 0.15) is 23.3 Å². The zero-order valence-electron chi connectivity index (χ0n) is 17.1. The first-order chi connectivity index (χ1) is 14.6. The summed E-state index contributed by atoms with van der Waals surface area (Å²) in [5, 5.41) is 9.19. The predicted molar refractivity (Wildman–Crippen MR) is 115 cm³/mol. The van der Waals surface area contributed by atoms with Crippen molar-refractivity contribution in [2.45, 2.75) is 6.92 Å². The van der Waals surface area contributed by atoms with Gasteiger partial charge in [0, 0.05) is 30.9 Å². The number of methoxy groups -OCH3 is 2. The van der Waals surface area contributed by atoms with Gasteiger partial charge in [-0.25, -0.2) is 15.0 Å². The van der Waals surface area contributed by atoms with E-state index >= 15 is 0 Å². The zero-order valence-corrected chi connectivity index (χ0v) is 17.1. The van der Waals surface area contributed by atoms with Gasteiger partial charge in [-0.2, -0.15) is 0 Å². The number of rotatable bonds is 9. The number of pyridine rings is 1. The first-order valence-corrected chi connectivity index (χ1v) is 9.37. The fourth-order valence-electron chi connectivity index (χ4n) is 2.74. The number of hydrogen-bond donors (Lipinski definition) is 3. The van der Waals surface area contributed by atoms with Crippen molar-refractivity contribution in [3.8, 4) is 11.5 Å². The number of aromatic nitrogens is 3. The summed E-state index contributed by atoms with van der Waals surface area (Å²) >= 11 is 0. The minimum absolute atomic E-state index is 0.200. The fourth-order valence-corrected chi connectivity index (χ4v) is 2.74. The molecule has 3 aromatic rings. The molecule has 2 aromatic heterocycles. The second kappa shape index (κ2) is 10.1. The summed E-state index contributed by atoms with van der Waals surface area (Å²) in [7, 11) is 3.08. The lowest BCUT2D eigenvalue weighted by Gasteiger charge is -2.11. The third-order valence-electron chi connectivity index (χ3n) is 4.12. The number of aryl methyl sites for hydroxylation is 1. The van der Waals surface area contributed by atoms with Crippen LogP contribution in [0.25, 0.3) is 0 Å². The fraction of sp³-hybridized carbons (Fsp3) is 0.238. The average molecular weight is 408 g/mol. The molecule has 30 heavy (non-hydrogen) atoms. The predicted octanol–water partition coefficient (Wildman–Crippen LogP) is 2.78. The Bertz CT molecular complexity index is 997. The van der Waals surface area contributed by atoms with Crippen LogP contribution in [0.2, 0.25) is 0 Å². The van der Waals surface area contributed by atoms with E-state index in [4.69, 9.17) is 9.47 Å². The molecule has 0 aliphatic carbocycles. The largest absolute Gasteiger partial charge is 0.493 e. The molecule has 3 rings (SSSR count). The Morgan fingerprint density at radius 3 is 2.47 bits per heavy atom. The van der Waals surface area contributed by atoms with Crippen LogP contribution < -0.4 is 25.4 Å². The molecule has 9 heteroatoms. The normalized spacial score (nSPS) is 10.2. The van der Waals surface area contributed by atoms with Gasteiger partial charge in [-0.1, -0.05) is 6.07 Å². The van der Waals surface area contributed by atoms with Crippen molar-refractivity contribution in [1.29, 1.82) is 0 Å². The van der Waals surface area contributed by atoms with E-state index in [9.17, 15) is 4.79 Å². The number of hydrogen-bond acceptors (Lipinski definition) is 8. The summed E-state index contributed by atoms with van der Waals surface area (Å²) in [6.45, 7) is 2.73. The molecule has 0 spiro atoms. The van der Waals surface area contributed by atoms with Gasteiger partial charge in [0.15, 0.2) is 11.5 Å². The first kappa shape index (κ1) is 20.8. The van der Waals surface area contributed by atoms with E-state index in [0.717, 1.165) is 0 Å². The van der Waals surface area contributed by atoms with Crippen molar-refractivity contribution in [2.75, 3.05) is 37.9 Å². The number of carbonyl (C=O) groups is 1. The van der Waals surface area contributed by atoms with Crippen molar-refractivity contribution in [3.63, 3.8) is 0 Å². The summed E-state index contributed by atoms with van der Waals surface area (Å²) in [5.74, 6) is 3.49. The van der Waals surface area contributed by atoms with Crippen LogP contribution in [0.5, 0.6) is 11.5 Å². The van der Waals surface area contributed by atoms with Crippen LogP contribution in [0.3, 0.4) is 0 Å². The molecule has 0 saturated carbocycles. The molecule has 0 fully saturated rings. The van der Waals surface area contributed by atoms with Gasteiger partial charge in [-0.15, -0.1) is 0 Å². The van der Waals surface area contributed by atoms with Gasteiger partial charge in [-0.3, -0.25) is 4.79 Å². The smallest absolute Gasteiger partial charge is 0.251 e. The molecule has 0 aliphatic rings. The lowest BCUT2D eigenvalue weighted by atomic mass is 10.2. The molecule has 0 bridgehead atoms. The molecule has 3 N–H and O–H groups in total. The van der Waals surface area contributed by atoms with Crippen LogP contribution >= 0.6 is 0 Å². The Morgan fingerprint density at radius 2 is 1.73 bits per heavy atom. The number of benzene rings is 1. The Kier molecular flexibility index (Phi) is 6.99. The monoisotopic (exact) mass is 408 g/mol. The SMILES string of the molecule is COc1ccc(C(=O)NCCNc2cc(Nc3ccccn3)nc(C)n2)cc1OC. The van der Waals surface area contributed by atoms with Crippen molar-refractivity contribution >= 4 is 23.4 Å². The minimum atomic E-state index is -0.200. The highest BCUT2D eigenvalue weighted by Gasteiger charge is 2.10. The summed E-state index contributed by atoms with van der Waals surface area (Å²) in [5.41, 5.74) is 0.493. The standard InChI is InChI=1S/C21H24N6O3/c1-14-25-19(13-20(26-14)27-18-6-4-5-9-22-18)23-10-11-24-21(28)15-7-8-16(29-2)17(12-15)30-3/h4-9,12-13H,10-11H2,1-3H3,(H,24,28)(H2,22,23,25,26,27).